The number of rotatable bonds is 5. The normalized spacial score (nSPS) is 11.5. The van der Waals surface area contributed by atoms with Crippen LogP contribution in [0, 0.1) is 11.3 Å². The summed E-state index contributed by atoms with van der Waals surface area (Å²) in [4.78, 5) is 10.5. The van der Waals surface area contributed by atoms with Crippen LogP contribution in [0.5, 0.6) is 11.5 Å². The predicted molar refractivity (Wildman–Crippen MR) is 95.6 cm³/mol. The third kappa shape index (κ3) is 6.07. The number of carboxylic acid groups (broad SMARTS) is 1. The monoisotopic (exact) mass is 364 g/mol. The van der Waals surface area contributed by atoms with Crippen molar-refractivity contribution in [3.8, 4) is 17.6 Å². The summed E-state index contributed by atoms with van der Waals surface area (Å²) in [6, 6.07) is 15.1. The van der Waals surface area contributed by atoms with Crippen molar-refractivity contribution < 1.29 is 31.0 Å². The molecule has 0 saturated carbocycles. The third-order valence-electron chi connectivity index (χ3n) is 3.22. The number of aliphatic hydroxyl groups is 2. The van der Waals surface area contributed by atoms with E-state index < -0.39 is 18.2 Å². The third-order valence-corrected chi connectivity index (χ3v) is 3.22. The molecule has 2 atom stereocenters. The van der Waals surface area contributed by atoms with Gasteiger partial charge in [0.15, 0.2) is 12.2 Å². The maximum Gasteiger partial charge on any atom is 0.337 e. The molecule has 0 aliphatic heterocycles. The first-order valence-corrected chi connectivity index (χ1v) is 7.20. The Kier molecular flexibility index (Phi) is 10.1. The number of carboxylic acids is 1. The van der Waals surface area contributed by atoms with Crippen molar-refractivity contribution in [2.24, 2.45) is 0 Å². The van der Waals surface area contributed by atoms with E-state index in [1.807, 2.05) is 0 Å². The zero-order chi connectivity index (χ0) is 18.8. The summed E-state index contributed by atoms with van der Waals surface area (Å²) in [5, 5.41) is 35.4. The molecule has 0 heterocycles. The van der Waals surface area contributed by atoms with E-state index in [0.29, 0.717) is 17.1 Å². The van der Waals surface area contributed by atoms with Gasteiger partial charge < -0.3 is 32.4 Å². The highest BCUT2D eigenvalue weighted by atomic mass is 16.5. The zero-order valence-corrected chi connectivity index (χ0v) is 14.4. The maximum atomic E-state index is 10.5. The van der Waals surface area contributed by atoms with Gasteiger partial charge in [-0.2, -0.15) is 5.26 Å². The molecule has 2 rings (SSSR count). The molecule has 0 fully saturated rings. The van der Waals surface area contributed by atoms with Gasteiger partial charge in [0, 0.05) is 11.1 Å². The fraction of sp³-hybridized carbons (Fsp3) is 0.222. The van der Waals surface area contributed by atoms with Crippen LogP contribution in [0.2, 0.25) is 0 Å². The minimum atomic E-state index is -1.53. The molecule has 0 aliphatic carbocycles. The Bertz CT molecular complexity index is 751. The number of ether oxygens (including phenoxy) is 2. The van der Waals surface area contributed by atoms with Crippen LogP contribution in [0.1, 0.15) is 24.8 Å². The highest BCUT2D eigenvalue weighted by Gasteiger charge is 2.19. The number of benzene rings is 2. The molecule has 0 unspecified atom stereocenters. The van der Waals surface area contributed by atoms with Crippen molar-refractivity contribution in [1.29, 1.82) is 5.26 Å². The van der Waals surface area contributed by atoms with Crippen LogP contribution in [0.4, 0.5) is 0 Å². The van der Waals surface area contributed by atoms with Crippen molar-refractivity contribution in [3.05, 3.63) is 65.8 Å². The molecule has 0 spiro atoms. The largest absolute Gasteiger partial charge is 1.00 e. The van der Waals surface area contributed by atoms with Crippen LogP contribution in [0.25, 0.3) is 6.15 Å². The molecular formula is C18H22N2O6-2. The van der Waals surface area contributed by atoms with Crippen molar-refractivity contribution in [2.75, 3.05) is 14.2 Å². The van der Waals surface area contributed by atoms with E-state index in [9.17, 15) is 15.0 Å². The SMILES string of the molecule is COc1ccccc1[C@@H](O)C#N.COc1ccccc1[C@@H](O)C(=O)O.[3H-].[NH2-]. The standard InChI is InChI=1S/C9H9NO2.C9H10O4.H2N.H/c1-12-9-5-3-2-4-7(9)8(11)6-10;1-13-7-5-3-2-4-6(7)8(10)9(11)12;;/h2-5,8,11H,1H3;2-5,8,10H,1H3,(H,11,12);1H2;/q;;2*-1/t2*8-;;/m01../s1/i;;;1+2. The molecule has 8 heteroatoms. The average Bonchev–Trinajstić information content (AvgIpc) is 2.67. The van der Waals surface area contributed by atoms with Gasteiger partial charge >= 0.3 is 5.97 Å². The van der Waals surface area contributed by atoms with E-state index in [1.54, 1.807) is 48.5 Å². The molecule has 8 nitrogen and oxygen atoms in total. The molecule has 5 N–H and O–H groups in total. The lowest BCUT2D eigenvalue weighted by atomic mass is 10.1. The molecular weight excluding hydrogens is 340 g/mol. The quantitative estimate of drug-likeness (QED) is 0.689. The van der Waals surface area contributed by atoms with Crippen molar-refractivity contribution in [1.82, 2.24) is 0 Å². The minimum absolute atomic E-state index is 0. The van der Waals surface area contributed by atoms with E-state index in [2.05, 4.69) is 0 Å². The van der Waals surface area contributed by atoms with Crippen LogP contribution in [0.15, 0.2) is 48.5 Å². The van der Waals surface area contributed by atoms with Crippen molar-refractivity contribution >= 4 is 5.97 Å². The van der Waals surface area contributed by atoms with Crippen LogP contribution in [0.3, 0.4) is 0 Å². The molecule has 26 heavy (non-hydrogen) atoms. The van der Waals surface area contributed by atoms with Gasteiger partial charge in [-0.15, -0.1) is 0 Å². The Hall–Kier alpha value is -3.12. The summed E-state index contributed by atoms with van der Waals surface area (Å²) in [7, 11) is 2.93. The van der Waals surface area contributed by atoms with Gasteiger partial charge in [-0.05, 0) is 12.1 Å². The molecule has 2 aromatic carbocycles. The fourth-order valence-electron chi connectivity index (χ4n) is 1.99. The number of nitriles is 1. The second-order valence-electron chi connectivity index (χ2n) is 4.76. The fourth-order valence-corrected chi connectivity index (χ4v) is 1.99. The van der Waals surface area contributed by atoms with Gasteiger partial charge in [-0.3, -0.25) is 0 Å². The van der Waals surface area contributed by atoms with Gasteiger partial charge in [0.2, 0.25) is 0 Å². The summed E-state index contributed by atoms with van der Waals surface area (Å²) in [5.74, 6) is -0.381. The molecule has 0 aliphatic rings. The molecule has 142 valence electrons. The van der Waals surface area contributed by atoms with E-state index in [1.165, 1.54) is 20.3 Å². The number of hydrogen-bond donors (Lipinski definition) is 3. The summed E-state index contributed by atoms with van der Waals surface area (Å²) in [6.45, 7) is 0. The lowest BCUT2D eigenvalue weighted by molar-refractivity contribution is -0.147. The first kappa shape index (κ1) is 22.9. The zero-order valence-electron chi connectivity index (χ0n) is 15.4. The molecule has 0 amide bonds. The Balaban J connectivity index is 0. The Morgan fingerprint density at radius 1 is 1.00 bits per heavy atom. The summed E-state index contributed by atoms with van der Waals surface area (Å²) in [5.41, 5.74) is 0.764. The van der Waals surface area contributed by atoms with Crippen molar-refractivity contribution in [3.63, 3.8) is 0 Å². The molecule has 2 aromatic rings. The van der Waals surface area contributed by atoms with Crippen molar-refractivity contribution in [2.45, 2.75) is 12.2 Å². The van der Waals surface area contributed by atoms with Crippen LogP contribution >= 0.6 is 0 Å². The number of methoxy groups -OCH3 is 2. The number of hydrogen-bond acceptors (Lipinski definition) is 6. The highest BCUT2D eigenvalue weighted by Crippen LogP contribution is 2.24. The predicted octanol–water partition coefficient (Wildman–Crippen LogP) is 2.89. The topological polar surface area (TPSA) is 154 Å². The maximum absolute atomic E-state index is 10.5. The minimum Gasteiger partial charge on any atom is -1.00 e. The Morgan fingerprint density at radius 2 is 1.42 bits per heavy atom. The van der Waals surface area contributed by atoms with Crippen LogP contribution < -0.4 is 9.47 Å². The first-order chi connectivity index (χ1) is 12.0. The van der Waals surface area contributed by atoms with Crippen LogP contribution in [-0.4, -0.2) is 35.5 Å². The van der Waals surface area contributed by atoms with Gasteiger partial charge in [-0.1, -0.05) is 36.4 Å². The van der Waals surface area contributed by atoms with Gasteiger partial charge in [0.25, 0.3) is 0 Å². The smallest absolute Gasteiger partial charge is 0.337 e. The average molecular weight is 364 g/mol. The molecule has 0 aromatic heterocycles. The number of para-hydroxylation sites is 2. The summed E-state index contributed by atoms with van der Waals surface area (Å²) >= 11 is 0. The van der Waals surface area contributed by atoms with E-state index in [4.69, 9.17) is 19.8 Å². The highest BCUT2D eigenvalue weighted by molar-refractivity contribution is 5.75. The van der Waals surface area contributed by atoms with Crippen LogP contribution in [-0.2, 0) is 4.79 Å². The van der Waals surface area contributed by atoms with Gasteiger partial charge in [0.05, 0.1) is 20.3 Å². The Morgan fingerprint density at radius 3 is 1.85 bits per heavy atom. The molecule has 0 saturated heterocycles. The molecule has 0 bridgehead atoms. The number of aliphatic carboxylic acids is 1. The van der Waals surface area contributed by atoms with E-state index in [-0.39, 0.29) is 13.1 Å². The number of aliphatic hydroxyl groups excluding tert-OH is 2. The lowest BCUT2D eigenvalue weighted by Gasteiger charge is -2.10. The molecule has 0 radical (unpaired) electrons. The van der Waals surface area contributed by atoms with Gasteiger partial charge in [0.1, 0.15) is 11.5 Å². The van der Waals surface area contributed by atoms with E-state index >= 15 is 0 Å². The number of nitrogens with two attached hydrogens (primary N) is 1. The Labute approximate surface area is 152 Å². The summed E-state index contributed by atoms with van der Waals surface area (Å²) < 4.78 is 9.85. The number of carbonyl (C=O) groups is 1. The lowest BCUT2D eigenvalue weighted by Crippen LogP contribution is -2.11. The first-order valence-electron chi connectivity index (χ1n) is 7.20. The number of nitrogens with zero attached hydrogens (tertiary/aromatic N) is 1. The second-order valence-corrected chi connectivity index (χ2v) is 4.76. The van der Waals surface area contributed by atoms with E-state index in [0.717, 1.165) is 0 Å². The summed E-state index contributed by atoms with van der Waals surface area (Å²) in [6.07, 6.45) is -2.64. The second kappa shape index (κ2) is 11.4. The van der Waals surface area contributed by atoms with Gasteiger partial charge in [-0.25, -0.2) is 4.79 Å².